The molecule has 2 saturated heterocycles. The van der Waals surface area contributed by atoms with Crippen LogP contribution in [0.25, 0.3) is 0 Å². The number of hydrogen-bond donors (Lipinski definition) is 1. The summed E-state index contributed by atoms with van der Waals surface area (Å²) in [5, 5.41) is 2.84. The first kappa shape index (κ1) is 13.9. The van der Waals surface area contributed by atoms with E-state index in [-0.39, 0.29) is 18.5 Å². The monoisotopic (exact) mass is 263 g/mol. The number of carbonyl (C=O) groups is 2. The average molecular weight is 263 g/mol. The van der Waals surface area contributed by atoms with Crippen molar-refractivity contribution in [2.45, 2.75) is 32.2 Å². The van der Waals surface area contributed by atoms with Crippen LogP contribution in [-0.2, 0) is 4.79 Å². The molecule has 0 atom stereocenters. The number of rotatable bonds is 3. The Bertz CT molecular complexity index is 417. The molecule has 5 heteroatoms. The van der Waals surface area contributed by atoms with Crippen molar-refractivity contribution in [1.82, 2.24) is 15.1 Å². The summed E-state index contributed by atoms with van der Waals surface area (Å²) in [4.78, 5) is 27.6. The summed E-state index contributed by atoms with van der Waals surface area (Å²) in [6.07, 6.45) is 6.54. The van der Waals surface area contributed by atoms with Gasteiger partial charge in [-0.25, -0.2) is 4.79 Å². The summed E-state index contributed by atoms with van der Waals surface area (Å²) in [7, 11) is 0. The summed E-state index contributed by atoms with van der Waals surface area (Å²) in [6.45, 7) is 7.14. The van der Waals surface area contributed by atoms with Crippen molar-refractivity contribution in [3.8, 4) is 12.3 Å². The van der Waals surface area contributed by atoms with E-state index in [0.717, 1.165) is 24.5 Å². The zero-order valence-corrected chi connectivity index (χ0v) is 11.6. The first-order chi connectivity index (χ1) is 8.98. The molecular formula is C14H21N3O2. The molecule has 0 unspecified atom stereocenters. The van der Waals surface area contributed by atoms with Crippen LogP contribution < -0.4 is 5.32 Å². The highest BCUT2D eigenvalue weighted by Gasteiger charge is 2.51. The zero-order chi connectivity index (χ0) is 14.0. The molecule has 0 aromatic heterocycles. The number of carbonyl (C=O) groups excluding carboxylic acids is 2. The molecule has 0 aromatic rings. The number of urea groups is 1. The fourth-order valence-corrected chi connectivity index (χ4v) is 2.88. The summed E-state index contributed by atoms with van der Waals surface area (Å²) in [6, 6.07) is -0.347. The van der Waals surface area contributed by atoms with E-state index in [1.807, 2.05) is 0 Å². The molecule has 3 amide bonds. The second kappa shape index (κ2) is 5.22. The normalized spacial score (nSPS) is 22.9. The van der Waals surface area contributed by atoms with Gasteiger partial charge < -0.3 is 10.2 Å². The Kier molecular flexibility index (Phi) is 3.81. The number of piperidine rings is 1. The lowest BCUT2D eigenvalue weighted by Gasteiger charge is -2.37. The van der Waals surface area contributed by atoms with Crippen LogP contribution >= 0.6 is 0 Å². The number of likely N-dealkylation sites (tertiary alicyclic amines) is 1. The molecule has 5 nitrogen and oxygen atoms in total. The quantitative estimate of drug-likeness (QED) is 0.601. The summed E-state index contributed by atoms with van der Waals surface area (Å²) in [5.74, 6) is 2.82. The smallest absolute Gasteiger partial charge is 0.323 e. The van der Waals surface area contributed by atoms with Gasteiger partial charge in [-0.05, 0) is 18.8 Å². The van der Waals surface area contributed by atoms with Gasteiger partial charge in [-0.1, -0.05) is 19.8 Å². The lowest BCUT2D eigenvalue weighted by atomic mass is 9.87. The molecule has 0 saturated carbocycles. The lowest BCUT2D eigenvalue weighted by molar-refractivity contribution is -0.132. The van der Waals surface area contributed by atoms with Crippen molar-refractivity contribution in [1.29, 1.82) is 0 Å². The van der Waals surface area contributed by atoms with E-state index in [1.54, 1.807) is 0 Å². The highest BCUT2D eigenvalue weighted by atomic mass is 16.2. The van der Waals surface area contributed by atoms with E-state index < -0.39 is 5.54 Å². The van der Waals surface area contributed by atoms with E-state index in [2.05, 4.69) is 30.0 Å². The van der Waals surface area contributed by atoms with Crippen LogP contribution in [0, 0.1) is 18.3 Å². The molecule has 0 aromatic carbocycles. The van der Waals surface area contributed by atoms with E-state index >= 15 is 0 Å². The van der Waals surface area contributed by atoms with E-state index in [0.29, 0.717) is 18.8 Å². The predicted molar refractivity (Wildman–Crippen MR) is 72.3 cm³/mol. The fourth-order valence-electron chi connectivity index (χ4n) is 2.88. The summed E-state index contributed by atoms with van der Waals surface area (Å²) < 4.78 is 0. The minimum Gasteiger partial charge on any atom is -0.323 e. The number of hydrogen-bond acceptors (Lipinski definition) is 3. The Hall–Kier alpha value is -1.54. The Morgan fingerprint density at radius 3 is 2.53 bits per heavy atom. The first-order valence-electron chi connectivity index (χ1n) is 6.78. The van der Waals surface area contributed by atoms with Crippen LogP contribution in [-0.4, -0.2) is 53.5 Å². The van der Waals surface area contributed by atoms with Gasteiger partial charge in [-0.2, -0.15) is 0 Å². The van der Waals surface area contributed by atoms with Gasteiger partial charge in [0.25, 0.3) is 5.91 Å². The minimum absolute atomic E-state index is 0.0577. The second-order valence-electron chi connectivity index (χ2n) is 5.80. The largest absolute Gasteiger partial charge is 0.325 e. The number of nitrogens with zero attached hydrogens (tertiary/aromatic N) is 2. The molecule has 104 valence electrons. The Morgan fingerprint density at radius 2 is 2.00 bits per heavy atom. The van der Waals surface area contributed by atoms with Crippen LogP contribution in [0.2, 0.25) is 0 Å². The molecular weight excluding hydrogens is 242 g/mol. The molecule has 2 fully saturated rings. The molecule has 2 rings (SSSR count). The lowest BCUT2D eigenvalue weighted by Crippen LogP contribution is -2.55. The zero-order valence-electron chi connectivity index (χ0n) is 11.6. The standard InChI is InChI=1S/C14H21N3O2/c1-4-7-17-12(18)14(15-13(17)19)5-8-16(9-6-14)10-11(2)3/h1,11H,5-10H2,2-3H3,(H,15,19). The Balaban J connectivity index is 2.01. The Morgan fingerprint density at radius 1 is 1.37 bits per heavy atom. The maximum absolute atomic E-state index is 12.3. The molecule has 1 N–H and O–H groups in total. The number of terminal acetylenes is 1. The molecule has 0 aliphatic carbocycles. The number of imide groups is 1. The van der Waals surface area contributed by atoms with Crippen molar-refractivity contribution in [2.75, 3.05) is 26.2 Å². The SMILES string of the molecule is C#CCN1C(=O)NC2(CCN(CC(C)C)CC2)C1=O. The van der Waals surface area contributed by atoms with Crippen LogP contribution in [0.5, 0.6) is 0 Å². The maximum Gasteiger partial charge on any atom is 0.325 e. The molecule has 0 radical (unpaired) electrons. The highest BCUT2D eigenvalue weighted by molar-refractivity contribution is 6.07. The molecule has 2 aliphatic heterocycles. The van der Waals surface area contributed by atoms with Crippen molar-refractivity contribution in [3.63, 3.8) is 0 Å². The average Bonchev–Trinajstić information content (AvgIpc) is 2.57. The first-order valence-corrected chi connectivity index (χ1v) is 6.78. The van der Waals surface area contributed by atoms with E-state index in [9.17, 15) is 9.59 Å². The van der Waals surface area contributed by atoms with Crippen LogP contribution in [0.15, 0.2) is 0 Å². The van der Waals surface area contributed by atoms with Gasteiger partial charge in [-0.15, -0.1) is 6.42 Å². The summed E-state index contributed by atoms with van der Waals surface area (Å²) in [5.41, 5.74) is -0.707. The third kappa shape index (κ3) is 2.59. The van der Waals surface area contributed by atoms with Crippen molar-refractivity contribution < 1.29 is 9.59 Å². The topological polar surface area (TPSA) is 52.7 Å². The highest BCUT2D eigenvalue weighted by Crippen LogP contribution is 2.29. The van der Waals surface area contributed by atoms with Gasteiger partial charge in [0.2, 0.25) is 0 Å². The fraction of sp³-hybridized carbons (Fsp3) is 0.714. The molecule has 1 spiro atoms. The van der Waals surface area contributed by atoms with E-state index in [4.69, 9.17) is 6.42 Å². The van der Waals surface area contributed by atoms with E-state index in [1.165, 1.54) is 0 Å². The minimum atomic E-state index is -0.707. The molecule has 0 bridgehead atoms. The summed E-state index contributed by atoms with van der Waals surface area (Å²) >= 11 is 0. The molecule has 2 aliphatic rings. The van der Waals surface area contributed by atoms with Gasteiger partial charge in [0.1, 0.15) is 5.54 Å². The van der Waals surface area contributed by atoms with Gasteiger partial charge >= 0.3 is 6.03 Å². The second-order valence-corrected chi connectivity index (χ2v) is 5.80. The predicted octanol–water partition coefficient (Wildman–Crippen LogP) is 0.662. The van der Waals surface area contributed by atoms with Gasteiger partial charge in [0.15, 0.2) is 0 Å². The van der Waals surface area contributed by atoms with Crippen LogP contribution in [0.3, 0.4) is 0 Å². The van der Waals surface area contributed by atoms with Crippen LogP contribution in [0.1, 0.15) is 26.7 Å². The Labute approximate surface area is 114 Å². The maximum atomic E-state index is 12.3. The number of amides is 3. The third-order valence-electron chi connectivity index (χ3n) is 3.83. The molecule has 19 heavy (non-hydrogen) atoms. The van der Waals surface area contributed by atoms with Crippen molar-refractivity contribution >= 4 is 11.9 Å². The van der Waals surface area contributed by atoms with Crippen LogP contribution in [0.4, 0.5) is 4.79 Å². The number of nitrogens with one attached hydrogen (secondary N) is 1. The van der Waals surface area contributed by atoms with Gasteiger partial charge in [0.05, 0.1) is 6.54 Å². The van der Waals surface area contributed by atoms with Crippen molar-refractivity contribution in [2.24, 2.45) is 5.92 Å². The third-order valence-corrected chi connectivity index (χ3v) is 3.83. The van der Waals surface area contributed by atoms with Gasteiger partial charge in [0, 0.05) is 19.6 Å². The van der Waals surface area contributed by atoms with Gasteiger partial charge in [-0.3, -0.25) is 9.69 Å². The molecule has 2 heterocycles. The van der Waals surface area contributed by atoms with Crippen molar-refractivity contribution in [3.05, 3.63) is 0 Å².